The molecule has 0 radical (unpaired) electrons. The summed E-state index contributed by atoms with van der Waals surface area (Å²) >= 11 is 12.4. The first-order chi connectivity index (χ1) is 15.0. The van der Waals surface area contributed by atoms with Crippen LogP contribution in [0.5, 0.6) is 0 Å². The second-order valence-electron chi connectivity index (χ2n) is 7.47. The minimum Gasteiger partial charge on any atom is -0.507 e. The number of Topliss-reactive ketones (excluding diaryl/α,β-unsaturated/α-hetero) is 1. The van der Waals surface area contributed by atoms with Crippen molar-refractivity contribution in [3.8, 4) is 0 Å². The Morgan fingerprint density at radius 3 is 2.35 bits per heavy atom. The Hall–Kier alpha value is -2.38. The van der Waals surface area contributed by atoms with Crippen molar-refractivity contribution in [3.63, 3.8) is 0 Å². The lowest BCUT2D eigenvalue weighted by Crippen LogP contribution is -2.42. The smallest absolute Gasteiger partial charge is 0.295 e. The molecule has 0 aromatic heterocycles. The number of likely N-dealkylation sites (tertiary alicyclic amines) is 1. The first kappa shape index (κ1) is 21.8. The zero-order chi connectivity index (χ0) is 22.0. The number of hydrogen-bond acceptors (Lipinski definition) is 5. The standard InChI is InChI=1S/C23H22Cl2N2O4/c24-16-7-5-15(6-8-16)21(28)19-20(17-3-1-2-4-18(17)25)27(23(30)22(19)29)10-9-26-11-13-31-14-12-26/h1-8,20,28H,9-14H2/t20-/m1/s1. The predicted molar refractivity (Wildman–Crippen MR) is 119 cm³/mol. The molecular weight excluding hydrogens is 439 g/mol. The van der Waals surface area contributed by atoms with Gasteiger partial charge in [-0.15, -0.1) is 0 Å². The van der Waals surface area contributed by atoms with Crippen molar-refractivity contribution >= 4 is 40.7 Å². The minimum absolute atomic E-state index is 0.0300. The number of aliphatic hydroxyl groups excluding tert-OH is 1. The van der Waals surface area contributed by atoms with Gasteiger partial charge in [0.2, 0.25) is 0 Å². The summed E-state index contributed by atoms with van der Waals surface area (Å²) in [5.74, 6) is -1.61. The van der Waals surface area contributed by atoms with Gasteiger partial charge < -0.3 is 14.7 Å². The summed E-state index contributed by atoms with van der Waals surface area (Å²) in [5.41, 5.74) is 1.04. The highest BCUT2D eigenvalue weighted by atomic mass is 35.5. The molecule has 2 heterocycles. The molecule has 6 nitrogen and oxygen atoms in total. The van der Waals surface area contributed by atoms with Crippen molar-refractivity contribution < 1.29 is 19.4 Å². The van der Waals surface area contributed by atoms with Gasteiger partial charge in [-0.05, 0) is 35.9 Å². The Labute approximate surface area is 190 Å². The summed E-state index contributed by atoms with van der Waals surface area (Å²) in [7, 11) is 0. The van der Waals surface area contributed by atoms with Gasteiger partial charge >= 0.3 is 0 Å². The Morgan fingerprint density at radius 1 is 1.00 bits per heavy atom. The van der Waals surface area contributed by atoms with Crippen LogP contribution >= 0.6 is 23.2 Å². The molecule has 2 aliphatic rings. The summed E-state index contributed by atoms with van der Waals surface area (Å²) in [5, 5.41) is 12.0. The van der Waals surface area contributed by atoms with Gasteiger partial charge in [0.05, 0.1) is 24.8 Å². The average molecular weight is 461 g/mol. The van der Waals surface area contributed by atoms with Crippen LogP contribution in [0.4, 0.5) is 0 Å². The second kappa shape index (κ2) is 9.40. The molecule has 1 amide bonds. The van der Waals surface area contributed by atoms with Crippen molar-refractivity contribution in [2.75, 3.05) is 39.4 Å². The van der Waals surface area contributed by atoms with Gasteiger partial charge in [0.25, 0.3) is 11.7 Å². The highest BCUT2D eigenvalue weighted by Gasteiger charge is 2.46. The molecule has 0 spiro atoms. The van der Waals surface area contributed by atoms with E-state index in [2.05, 4.69) is 4.90 Å². The van der Waals surface area contributed by atoms with Crippen molar-refractivity contribution in [1.82, 2.24) is 9.80 Å². The number of amides is 1. The van der Waals surface area contributed by atoms with E-state index in [1.165, 1.54) is 4.90 Å². The number of halogens is 2. The third-order valence-electron chi connectivity index (χ3n) is 5.62. The third kappa shape index (κ3) is 4.48. The van der Waals surface area contributed by atoms with E-state index in [0.29, 0.717) is 47.5 Å². The molecule has 2 saturated heterocycles. The fourth-order valence-electron chi connectivity index (χ4n) is 3.97. The number of carbonyl (C=O) groups excluding carboxylic acids is 2. The first-order valence-electron chi connectivity index (χ1n) is 10.1. The quantitative estimate of drug-likeness (QED) is 0.418. The van der Waals surface area contributed by atoms with E-state index in [4.69, 9.17) is 27.9 Å². The maximum Gasteiger partial charge on any atom is 0.295 e. The molecule has 1 N–H and O–H groups in total. The molecule has 4 rings (SSSR count). The first-order valence-corrected chi connectivity index (χ1v) is 10.8. The molecule has 0 aliphatic carbocycles. The van der Waals surface area contributed by atoms with Crippen LogP contribution in [0, 0.1) is 0 Å². The highest BCUT2D eigenvalue weighted by Crippen LogP contribution is 2.41. The molecule has 2 aromatic rings. The SMILES string of the molecule is O=C1C(=O)N(CCN2CCOCC2)[C@H](c2ccccc2Cl)C1=C(O)c1ccc(Cl)cc1. The number of morpholine rings is 1. The van der Waals surface area contributed by atoms with Crippen LogP contribution in [0.3, 0.4) is 0 Å². The lowest BCUT2D eigenvalue weighted by Gasteiger charge is -2.31. The summed E-state index contributed by atoms with van der Waals surface area (Å²) in [4.78, 5) is 29.7. The van der Waals surface area contributed by atoms with Crippen molar-refractivity contribution in [3.05, 3.63) is 75.3 Å². The van der Waals surface area contributed by atoms with Crippen molar-refractivity contribution in [1.29, 1.82) is 0 Å². The Bertz CT molecular complexity index is 1020. The van der Waals surface area contributed by atoms with Crippen LogP contribution in [0.15, 0.2) is 54.1 Å². The lowest BCUT2D eigenvalue weighted by molar-refractivity contribution is -0.140. The molecule has 2 aromatic carbocycles. The van der Waals surface area contributed by atoms with E-state index < -0.39 is 17.7 Å². The van der Waals surface area contributed by atoms with Gasteiger partial charge in [0.15, 0.2) is 0 Å². The Morgan fingerprint density at radius 2 is 1.68 bits per heavy atom. The van der Waals surface area contributed by atoms with E-state index in [1.807, 2.05) is 0 Å². The van der Waals surface area contributed by atoms with Crippen LogP contribution in [0.25, 0.3) is 5.76 Å². The lowest BCUT2D eigenvalue weighted by atomic mass is 9.95. The van der Waals surface area contributed by atoms with Crippen molar-refractivity contribution in [2.24, 2.45) is 0 Å². The fourth-order valence-corrected chi connectivity index (χ4v) is 4.33. The predicted octanol–water partition coefficient (Wildman–Crippen LogP) is 3.75. The van der Waals surface area contributed by atoms with E-state index >= 15 is 0 Å². The fraction of sp³-hybridized carbons (Fsp3) is 0.304. The van der Waals surface area contributed by atoms with Gasteiger partial charge in [-0.2, -0.15) is 0 Å². The number of ketones is 1. The largest absolute Gasteiger partial charge is 0.507 e. The molecule has 1 atom stereocenters. The zero-order valence-corrected chi connectivity index (χ0v) is 18.3. The van der Waals surface area contributed by atoms with Crippen LogP contribution in [-0.2, 0) is 14.3 Å². The molecule has 2 aliphatic heterocycles. The molecule has 8 heteroatoms. The van der Waals surface area contributed by atoms with Crippen LogP contribution in [0.1, 0.15) is 17.2 Å². The van der Waals surface area contributed by atoms with E-state index in [0.717, 1.165) is 13.1 Å². The van der Waals surface area contributed by atoms with Gasteiger partial charge in [0.1, 0.15) is 5.76 Å². The van der Waals surface area contributed by atoms with E-state index in [-0.39, 0.29) is 11.3 Å². The summed E-state index contributed by atoms with van der Waals surface area (Å²) in [6.07, 6.45) is 0. The normalized spacial score (nSPS) is 21.6. The molecule has 0 saturated carbocycles. The summed E-state index contributed by atoms with van der Waals surface area (Å²) < 4.78 is 5.38. The van der Waals surface area contributed by atoms with Gasteiger partial charge in [-0.25, -0.2) is 0 Å². The number of carbonyl (C=O) groups is 2. The number of ether oxygens (including phenoxy) is 1. The van der Waals surface area contributed by atoms with Gasteiger partial charge in [-0.3, -0.25) is 14.5 Å². The van der Waals surface area contributed by atoms with E-state index in [1.54, 1.807) is 48.5 Å². The average Bonchev–Trinajstić information content (AvgIpc) is 3.03. The molecule has 2 fully saturated rings. The Kier molecular flexibility index (Phi) is 6.62. The highest BCUT2D eigenvalue weighted by molar-refractivity contribution is 6.47. The van der Waals surface area contributed by atoms with Crippen LogP contribution < -0.4 is 0 Å². The summed E-state index contributed by atoms with van der Waals surface area (Å²) in [6, 6.07) is 12.8. The molecule has 31 heavy (non-hydrogen) atoms. The van der Waals surface area contributed by atoms with E-state index in [9.17, 15) is 14.7 Å². The number of rotatable bonds is 5. The number of nitrogens with zero attached hydrogens (tertiary/aromatic N) is 2. The zero-order valence-electron chi connectivity index (χ0n) is 16.8. The van der Waals surface area contributed by atoms with Gasteiger partial charge in [-0.1, -0.05) is 41.4 Å². The maximum atomic E-state index is 13.0. The van der Waals surface area contributed by atoms with Gasteiger partial charge in [0, 0.05) is 41.8 Å². The third-order valence-corrected chi connectivity index (χ3v) is 6.21. The van der Waals surface area contributed by atoms with Crippen LogP contribution in [0.2, 0.25) is 10.0 Å². The molecule has 0 unspecified atom stereocenters. The number of hydrogen-bond donors (Lipinski definition) is 1. The topological polar surface area (TPSA) is 70.1 Å². The monoisotopic (exact) mass is 460 g/mol. The Balaban J connectivity index is 1.75. The number of aliphatic hydroxyl groups is 1. The minimum atomic E-state index is -0.773. The molecule has 162 valence electrons. The van der Waals surface area contributed by atoms with Crippen molar-refractivity contribution in [2.45, 2.75) is 6.04 Å². The summed E-state index contributed by atoms with van der Waals surface area (Å²) in [6.45, 7) is 3.75. The maximum absolute atomic E-state index is 13.0. The molecular formula is C23H22Cl2N2O4. The molecule has 0 bridgehead atoms. The second-order valence-corrected chi connectivity index (χ2v) is 8.32. The number of benzene rings is 2. The van der Waals surface area contributed by atoms with Crippen LogP contribution in [-0.4, -0.2) is 66.0 Å².